The number of amides is 1. The summed E-state index contributed by atoms with van der Waals surface area (Å²) in [7, 11) is 0. The molecular formula is C21H23NO3. The van der Waals surface area contributed by atoms with E-state index in [9.17, 15) is 14.7 Å². The molecule has 1 heterocycles. The molecule has 130 valence electrons. The van der Waals surface area contributed by atoms with Crippen molar-refractivity contribution in [3.8, 4) is 0 Å². The van der Waals surface area contributed by atoms with Gasteiger partial charge in [-0.05, 0) is 67.5 Å². The van der Waals surface area contributed by atoms with Gasteiger partial charge in [-0.3, -0.25) is 4.79 Å². The van der Waals surface area contributed by atoms with Crippen LogP contribution in [0.5, 0.6) is 0 Å². The highest BCUT2D eigenvalue weighted by atomic mass is 16.4. The van der Waals surface area contributed by atoms with Crippen molar-refractivity contribution in [1.29, 1.82) is 0 Å². The molecule has 2 aromatic carbocycles. The fourth-order valence-corrected chi connectivity index (χ4v) is 3.50. The van der Waals surface area contributed by atoms with Crippen molar-refractivity contribution in [3.63, 3.8) is 0 Å². The molecule has 0 unspecified atom stereocenters. The topological polar surface area (TPSA) is 57.6 Å². The molecule has 1 aliphatic rings. The number of carbonyl (C=O) groups is 2. The summed E-state index contributed by atoms with van der Waals surface area (Å²) >= 11 is 0. The van der Waals surface area contributed by atoms with E-state index in [1.165, 1.54) is 5.56 Å². The number of piperidine rings is 1. The second kappa shape index (κ2) is 7.09. The van der Waals surface area contributed by atoms with Gasteiger partial charge < -0.3 is 10.0 Å². The minimum Gasteiger partial charge on any atom is -0.478 e. The van der Waals surface area contributed by atoms with Crippen molar-refractivity contribution >= 4 is 11.9 Å². The van der Waals surface area contributed by atoms with Gasteiger partial charge in [0, 0.05) is 18.7 Å². The van der Waals surface area contributed by atoms with Gasteiger partial charge in [-0.1, -0.05) is 24.3 Å². The maximum absolute atomic E-state index is 12.7. The molecule has 1 N–H and O–H groups in total. The smallest absolute Gasteiger partial charge is 0.335 e. The molecule has 3 rings (SSSR count). The van der Waals surface area contributed by atoms with E-state index in [1.54, 1.807) is 12.1 Å². The molecule has 4 nitrogen and oxygen atoms in total. The molecular weight excluding hydrogens is 314 g/mol. The maximum atomic E-state index is 12.7. The van der Waals surface area contributed by atoms with Crippen LogP contribution in [0.4, 0.5) is 0 Å². The lowest BCUT2D eigenvalue weighted by molar-refractivity contribution is 0.0680. The maximum Gasteiger partial charge on any atom is 0.335 e. The van der Waals surface area contributed by atoms with Crippen LogP contribution in [0.15, 0.2) is 42.5 Å². The largest absolute Gasteiger partial charge is 0.478 e. The van der Waals surface area contributed by atoms with Gasteiger partial charge >= 0.3 is 5.97 Å². The van der Waals surface area contributed by atoms with Crippen LogP contribution in [-0.4, -0.2) is 35.0 Å². The summed E-state index contributed by atoms with van der Waals surface area (Å²) in [5.74, 6) is -0.631. The molecule has 1 fully saturated rings. The van der Waals surface area contributed by atoms with Gasteiger partial charge in [-0.25, -0.2) is 4.79 Å². The number of aromatic carboxylic acids is 1. The van der Waals surface area contributed by atoms with E-state index in [0.717, 1.165) is 29.5 Å². The van der Waals surface area contributed by atoms with Crippen molar-refractivity contribution in [2.24, 2.45) is 0 Å². The number of carboxylic acid groups (broad SMARTS) is 1. The third-order valence-corrected chi connectivity index (χ3v) is 5.17. The molecule has 0 atom stereocenters. The number of carboxylic acids is 1. The van der Waals surface area contributed by atoms with Gasteiger partial charge in [-0.2, -0.15) is 0 Å². The lowest BCUT2D eigenvalue weighted by Crippen LogP contribution is -2.38. The molecule has 4 heteroatoms. The predicted octanol–water partition coefficient (Wildman–Crippen LogP) is 4.02. The number of rotatable bonds is 3. The minimum absolute atomic E-state index is 0.0630. The molecule has 0 radical (unpaired) electrons. The molecule has 0 aromatic heterocycles. The second-order valence-corrected chi connectivity index (χ2v) is 6.76. The Morgan fingerprint density at radius 3 is 2.32 bits per heavy atom. The van der Waals surface area contributed by atoms with Crippen LogP contribution in [0.2, 0.25) is 0 Å². The summed E-state index contributed by atoms with van der Waals surface area (Å²) < 4.78 is 0. The number of nitrogens with zero attached hydrogens (tertiary/aromatic N) is 1. The first-order valence-corrected chi connectivity index (χ1v) is 8.66. The molecule has 0 spiro atoms. The molecule has 0 bridgehead atoms. The first kappa shape index (κ1) is 17.2. The Hall–Kier alpha value is -2.62. The monoisotopic (exact) mass is 337 g/mol. The van der Waals surface area contributed by atoms with Crippen LogP contribution in [-0.2, 0) is 0 Å². The van der Waals surface area contributed by atoms with E-state index in [4.69, 9.17) is 0 Å². The van der Waals surface area contributed by atoms with Crippen LogP contribution in [0.1, 0.15) is 56.2 Å². The van der Waals surface area contributed by atoms with Gasteiger partial charge in [0.15, 0.2) is 0 Å². The zero-order valence-electron chi connectivity index (χ0n) is 14.7. The second-order valence-electron chi connectivity index (χ2n) is 6.76. The Morgan fingerprint density at radius 2 is 1.68 bits per heavy atom. The van der Waals surface area contributed by atoms with Gasteiger partial charge in [0.25, 0.3) is 5.91 Å². The molecule has 25 heavy (non-hydrogen) atoms. The minimum atomic E-state index is -0.885. The number of likely N-dealkylation sites (tertiary alicyclic amines) is 1. The Balaban J connectivity index is 1.71. The van der Waals surface area contributed by atoms with Crippen molar-refractivity contribution < 1.29 is 14.7 Å². The van der Waals surface area contributed by atoms with Crippen LogP contribution >= 0.6 is 0 Å². The number of aryl methyl sites for hydroxylation is 2. The van der Waals surface area contributed by atoms with Crippen LogP contribution in [0.25, 0.3) is 0 Å². The lowest BCUT2D eigenvalue weighted by atomic mass is 9.86. The van der Waals surface area contributed by atoms with Gasteiger partial charge in [-0.15, -0.1) is 0 Å². The van der Waals surface area contributed by atoms with Gasteiger partial charge in [0.1, 0.15) is 0 Å². The highest BCUT2D eigenvalue weighted by Crippen LogP contribution is 2.31. The van der Waals surface area contributed by atoms with Gasteiger partial charge in [0.05, 0.1) is 5.56 Å². The summed E-state index contributed by atoms with van der Waals surface area (Å²) in [6.07, 6.45) is 1.59. The molecule has 1 saturated heterocycles. The van der Waals surface area contributed by atoms with Crippen LogP contribution in [0.3, 0.4) is 0 Å². The van der Waals surface area contributed by atoms with E-state index in [2.05, 4.69) is 0 Å². The number of hydrogen-bond donors (Lipinski definition) is 1. The molecule has 1 amide bonds. The third-order valence-electron chi connectivity index (χ3n) is 5.17. The average Bonchev–Trinajstić information content (AvgIpc) is 2.63. The quantitative estimate of drug-likeness (QED) is 0.920. The van der Waals surface area contributed by atoms with Crippen molar-refractivity contribution in [1.82, 2.24) is 4.90 Å². The molecule has 0 aliphatic carbocycles. The van der Waals surface area contributed by atoms with Crippen molar-refractivity contribution in [2.45, 2.75) is 32.6 Å². The van der Waals surface area contributed by atoms with Crippen molar-refractivity contribution in [3.05, 3.63) is 70.3 Å². The van der Waals surface area contributed by atoms with E-state index < -0.39 is 5.97 Å². The zero-order chi connectivity index (χ0) is 18.0. The Bertz CT molecular complexity index is 805. The Kier molecular flexibility index (Phi) is 4.88. The first-order chi connectivity index (χ1) is 12.0. The molecule has 1 aliphatic heterocycles. The van der Waals surface area contributed by atoms with Gasteiger partial charge in [0.2, 0.25) is 0 Å². The van der Waals surface area contributed by atoms with Crippen LogP contribution in [0, 0.1) is 13.8 Å². The predicted molar refractivity (Wildman–Crippen MR) is 97.2 cm³/mol. The Labute approximate surface area is 148 Å². The fourth-order valence-electron chi connectivity index (χ4n) is 3.50. The lowest BCUT2D eigenvalue weighted by Gasteiger charge is -2.33. The zero-order valence-corrected chi connectivity index (χ0v) is 14.7. The van der Waals surface area contributed by atoms with Crippen LogP contribution < -0.4 is 0 Å². The number of benzene rings is 2. The molecule has 2 aromatic rings. The average molecular weight is 337 g/mol. The highest BCUT2D eigenvalue weighted by Gasteiger charge is 2.27. The normalized spacial score (nSPS) is 15.2. The first-order valence-electron chi connectivity index (χ1n) is 8.66. The standard InChI is InChI=1S/C21H23NO3/c1-14-7-8-17(13-15(14)2)20(23)22-11-9-16(10-12-22)18-5-3-4-6-19(18)21(24)25/h3-8,13,16H,9-12H2,1-2H3,(H,24,25). The summed E-state index contributed by atoms with van der Waals surface area (Å²) in [6.45, 7) is 5.37. The summed E-state index contributed by atoms with van der Waals surface area (Å²) in [5.41, 5.74) is 4.29. The summed E-state index contributed by atoms with van der Waals surface area (Å²) in [6, 6.07) is 13.0. The number of carbonyl (C=O) groups excluding carboxylic acids is 1. The summed E-state index contributed by atoms with van der Waals surface area (Å²) in [5, 5.41) is 9.37. The van der Waals surface area contributed by atoms with E-state index in [0.29, 0.717) is 18.7 Å². The molecule has 0 saturated carbocycles. The fraction of sp³-hybridized carbons (Fsp3) is 0.333. The van der Waals surface area contributed by atoms with E-state index >= 15 is 0 Å². The Morgan fingerprint density at radius 1 is 1.00 bits per heavy atom. The van der Waals surface area contributed by atoms with E-state index in [1.807, 2.05) is 49.1 Å². The third kappa shape index (κ3) is 3.58. The van der Waals surface area contributed by atoms with E-state index in [-0.39, 0.29) is 11.8 Å². The SMILES string of the molecule is Cc1ccc(C(=O)N2CCC(c3ccccc3C(=O)O)CC2)cc1C. The number of hydrogen-bond acceptors (Lipinski definition) is 2. The summed E-state index contributed by atoms with van der Waals surface area (Å²) in [4.78, 5) is 26.0. The van der Waals surface area contributed by atoms with Crippen molar-refractivity contribution in [2.75, 3.05) is 13.1 Å². The highest BCUT2D eigenvalue weighted by molar-refractivity contribution is 5.94.